The summed E-state index contributed by atoms with van der Waals surface area (Å²) < 4.78 is 28.6. The first-order valence-electron chi connectivity index (χ1n) is 4.46. The third-order valence-corrected chi connectivity index (χ3v) is 2.57. The second-order valence-corrected chi connectivity index (χ2v) is 3.78. The lowest BCUT2D eigenvalue weighted by atomic mass is 10.1. The van der Waals surface area contributed by atoms with Gasteiger partial charge >= 0.3 is 6.61 Å². The Morgan fingerprint density at radius 3 is 2.73 bits per heavy atom. The molecule has 0 saturated heterocycles. The summed E-state index contributed by atoms with van der Waals surface area (Å²) in [6, 6.07) is 4.88. The second-order valence-electron chi connectivity index (χ2n) is 2.92. The Kier molecular flexibility index (Phi) is 5.19. The SMILES string of the molecule is FC(F)Oc1cccc(S)c1CCCCl. The summed E-state index contributed by atoms with van der Waals surface area (Å²) in [4.78, 5) is 0.651. The molecule has 0 aromatic heterocycles. The molecule has 0 aliphatic heterocycles. The van der Waals surface area contributed by atoms with E-state index in [1.807, 2.05) is 0 Å². The average molecular weight is 253 g/mol. The van der Waals surface area contributed by atoms with E-state index in [1.165, 1.54) is 6.07 Å². The fraction of sp³-hybridized carbons (Fsp3) is 0.400. The van der Waals surface area contributed by atoms with Crippen molar-refractivity contribution in [1.29, 1.82) is 0 Å². The molecular formula is C10H11ClF2OS. The van der Waals surface area contributed by atoms with Gasteiger partial charge < -0.3 is 4.74 Å². The van der Waals surface area contributed by atoms with Crippen LogP contribution in [-0.4, -0.2) is 12.5 Å². The number of thiol groups is 1. The molecule has 0 heterocycles. The number of benzene rings is 1. The van der Waals surface area contributed by atoms with E-state index in [1.54, 1.807) is 12.1 Å². The number of hydrogen-bond donors (Lipinski definition) is 1. The summed E-state index contributed by atoms with van der Waals surface area (Å²) in [5.74, 6) is 0.665. The minimum Gasteiger partial charge on any atom is -0.435 e. The van der Waals surface area contributed by atoms with Gasteiger partial charge in [0, 0.05) is 16.3 Å². The molecule has 1 aromatic rings. The number of alkyl halides is 3. The molecule has 0 unspecified atom stereocenters. The fourth-order valence-corrected chi connectivity index (χ4v) is 1.70. The zero-order valence-electron chi connectivity index (χ0n) is 7.92. The van der Waals surface area contributed by atoms with Gasteiger partial charge in [-0.15, -0.1) is 24.2 Å². The first-order valence-corrected chi connectivity index (χ1v) is 5.45. The number of ether oxygens (including phenoxy) is 1. The van der Waals surface area contributed by atoms with Crippen molar-refractivity contribution >= 4 is 24.2 Å². The van der Waals surface area contributed by atoms with Gasteiger partial charge in [0.05, 0.1) is 0 Å². The second kappa shape index (κ2) is 6.18. The average Bonchev–Trinajstić information content (AvgIpc) is 2.16. The Hall–Kier alpha value is -0.480. The van der Waals surface area contributed by atoms with Gasteiger partial charge in [-0.2, -0.15) is 8.78 Å². The zero-order chi connectivity index (χ0) is 11.3. The van der Waals surface area contributed by atoms with Gasteiger partial charge in [-0.25, -0.2) is 0 Å². The molecule has 84 valence electrons. The largest absolute Gasteiger partial charge is 0.435 e. The molecule has 1 rings (SSSR count). The van der Waals surface area contributed by atoms with Crippen molar-refractivity contribution in [3.63, 3.8) is 0 Å². The highest BCUT2D eigenvalue weighted by atomic mass is 35.5. The highest BCUT2D eigenvalue weighted by Gasteiger charge is 2.11. The Bertz CT molecular complexity index is 320. The van der Waals surface area contributed by atoms with Gasteiger partial charge in [0.25, 0.3) is 0 Å². The maximum absolute atomic E-state index is 12.1. The minimum atomic E-state index is -2.81. The van der Waals surface area contributed by atoms with Crippen LogP contribution in [0, 0.1) is 0 Å². The monoisotopic (exact) mass is 252 g/mol. The van der Waals surface area contributed by atoms with Gasteiger partial charge in [0.2, 0.25) is 0 Å². The topological polar surface area (TPSA) is 9.23 Å². The summed E-state index contributed by atoms with van der Waals surface area (Å²) in [5.41, 5.74) is 0.682. The molecule has 0 radical (unpaired) electrons. The maximum Gasteiger partial charge on any atom is 0.387 e. The summed E-state index contributed by atoms with van der Waals surface area (Å²) in [5, 5.41) is 0. The normalized spacial score (nSPS) is 10.7. The lowest BCUT2D eigenvalue weighted by molar-refractivity contribution is -0.0506. The molecular weight excluding hydrogens is 242 g/mol. The van der Waals surface area contributed by atoms with E-state index in [-0.39, 0.29) is 5.75 Å². The van der Waals surface area contributed by atoms with Gasteiger partial charge in [-0.3, -0.25) is 0 Å². The highest BCUT2D eigenvalue weighted by molar-refractivity contribution is 7.80. The highest BCUT2D eigenvalue weighted by Crippen LogP contribution is 2.27. The molecule has 0 aliphatic rings. The Morgan fingerprint density at radius 1 is 1.40 bits per heavy atom. The maximum atomic E-state index is 12.1. The molecule has 0 aliphatic carbocycles. The van der Waals surface area contributed by atoms with Crippen molar-refractivity contribution in [1.82, 2.24) is 0 Å². The third-order valence-electron chi connectivity index (χ3n) is 1.88. The molecule has 0 bridgehead atoms. The van der Waals surface area contributed by atoms with E-state index in [4.69, 9.17) is 11.6 Å². The first kappa shape index (κ1) is 12.6. The van der Waals surface area contributed by atoms with Crippen molar-refractivity contribution in [2.24, 2.45) is 0 Å². The van der Waals surface area contributed by atoms with Crippen molar-refractivity contribution in [2.75, 3.05) is 5.88 Å². The predicted octanol–water partition coefficient (Wildman–Crippen LogP) is 3.75. The molecule has 0 atom stereocenters. The molecule has 15 heavy (non-hydrogen) atoms. The van der Waals surface area contributed by atoms with Crippen LogP contribution in [0.25, 0.3) is 0 Å². The molecule has 0 saturated carbocycles. The van der Waals surface area contributed by atoms with Crippen molar-refractivity contribution in [3.8, 4) is 5.75 Å². The minimum absolute atomic E-state index is 0.183. The van der Waals surface area contributed by atoms with Gasteiger partial charge in [-0.1, -0.05) is 6.07 Å². The van der Waals surface area contributed by atoms with Crippen LogP contribution in [0.4, 0.5) is 8.78 Å². The van der Waals surface area contributed by atoms with E-state index in [9.17, 15) is 8.78 Å². The van der Waals surface area contributed by atoms with Gasteiger partial charge in [0.15, 0.2) is 0 Å². The smallest absolute Gasteiger partial charge is 0.387 e. The van der Waals surface area contributed by atoms with Crippen LogP contribution in [0.3, 0.4) is 0 Å². The quantitative estimate of drug-likeness (QED) is 0.620. The van der Waals surface area contributed by atoms with Gasteiger partial charge in [-0.05, 0) is 25.0 Å². The van der Waals surface area contributed by atoms with Crippen molar-refractivity contribution in [3.05, 3.63) is 23.8 Å². The summed E-state index contributed by atoms with van der Waals surface area (Å²) >= 11 is 9.74. The van der Waals surface area contributed by atoms with Crippen LogP contribution in [0.15, 0.2) is 23.1 Å². The van der Waals surface area contributed by atoms with E-state index in [0.29, 0.717) is 29.2 Å². The van der Waals surface area contributed by atoms with Crippen molar-refractivity contribution < 1.29 is 13.5 Å². The predicted molar refractivity (Wildman–Crippen MR) is 59.4 cm³/mol. The number of halogens is 3. The van der Waals surface area contributed by atoms with Gasteiger partial charge in [0.1, 0.15) is 5.75 Å². The molecule has 0 N–H and O–H groups in total. The van der Waals surface area contributed by atoms with Crippen LogP contribution in [0.1, 0.15) is 12.0 Å². The van der Waals surface area contributed by atoms with Crippen LogP contribution in [0.2, 0.25) is 0 Å². The zero-order valence-corrected chi connectivity index (χ0v) is 9.57. The number of rotatable bonds is 5. The molecule has 0 spiro atoms. The van der Waals surface area contributed by atoms with Crippen LogP contribution in [-0.2, 0) is 6.42 Å². The summed E-state index contributed by atoms with van der Waals surface area (Å²) in [7, 11) is 0. The molecule has 0 fully saturated rings. The Balaban J connectivity index is 2.87. The van der Waals surface area contributed by atoms with Crippen LogP contribution >= 0.6 is 24.2 Å². The van der Waals surface area contributed by atoms with Crippen LogP contribution in [0.5, 0.6) is 5.75 Å². The van der Waals surface area contributed by atoms with E-state index in [2.05, 4.69) is 17.4 Å². The third kappa shape index (κ3) is 3.87. The molecule has 0 amide bonds. The van der Waals surface area contributed by atoms with Crippen molar-refractivity contribution in [2.45, 2.75) is 24.3 Å². The lowest BCUT2D eigenvalue weighted by Gasteiger charge is -2.11. The Morgan fingerprint density at radius 2 is 2.13 bits per heavy atom. The summed E-state index contributed by atoms with van der Waals surface area (Å²) in [6.45, 7) is -2.81. The van der Waals surface area contributed by atoms with E-state index in [0.717, 1.165) is 0 Å². The van der Waals surface area contributed by atoms with E-state index < -0.39 is 6.61 Å². The standard InChI is InChI=1S/C10H11ClF2OS/c11-6-2-3-7-8(14-10(12)13)4-1-5-9(7)15/h1,4-5,10,15H,2-3,6H2. The molecule has 5 heteroatoms. The summed E-state index contributed by atoms with van der Waals surface area (Å²) in [6.07, 6.45) is 1.30. The van der Waals surface area contributed by atoms with Crippen LogP contribution < -0.4 is 4.74 Å². The Labute approximate surface area is 97.8 Å². The van der Waals surface area contributed by atoms with E-state index >= 15 is 0 Å². The first-order chi connectivity index (χ1) is 7.15. The lowest BCUT2D eigenvalue weighted by Crippen LogP contribution is -2.05. The molecule has 1 aromatic carbocycles. The molecule has 1 nitrogen and oxygen atoms in total. The number of hydrogen-bond acceptors (Lipinski definition) is 2. The fourth-order valence-electron chi connectivity index (χ4n) is 1.26.